The van der Waals surface area contributed by atoms with Crippen LogP contribution in [-0.4, -0.2) is 27.8 Å². The third-order valence-electron chi connectivity index (χ3n) is 2.72. The molecule has 90 valence electrons. The molecule has 1 aliphatic heterocycles. The van der Waals surface area contributed by atoms with Crippen molar-refractivity contribution in [3.63, 3.8) is 0 Å². The molecule has 0 bridgehead atoms. The van der Waals surface area contributed by atoms with Crippen LogP contribution in [0.3, 0.4) is 0 Å². The Morgan fingerprint density at radius 3 is 2.81 bits per heavy atom. The van der Waals surface area contributed by atoms with Gasteiger partial charge >= 0.3 is 5.82 Å². The van der Waals surface area contributed by atoms with E-state index in [0.717, 1.165) is 32.5 Å². The predicted octanol–water partition coefficient (Wildman–Crippen LogP) is 1.21. The number of nitro groups is 1. The van der Waals surface area contributed by atoms with E-state index < -0.39 is 4.92 Å². The summed E-state index contributed by atoms with van der Waals surface area (Å²) < 4.78 is 1.67. The highest BCUT2D eigenvalue weighted by Gasteiger charge is 2.17. The number of hydrogen-bond acceptors (Lipinski definition) is 4. The monoisotopic (exact) mass is 246 g/mol. The number of hydrogen-bond donors (Lipinski definition) is 1. The minimum absolute atomic E-state index is 0. The quantitative estimate of drug-likeness (QED) is 0.643. The Morgan fingerprint density at radius 2 is 2.25 bits per heavy atom. The molecule has 0 amide bonds. The Hall–Kier alpha value is -1.14. The molecule has 1 fully saturated rings. The van der Waals surface area contributed by atoms with Crippen LogP contribution in [0.4, 0.5) is 5.82 Å². The summed E-state index contributed by atoms with van der Waals surface area (Å²) in [6.07, 6.45) is 3.92. The summed E-state index contributed by atoms with van der Waals surface area (Å²) in [7, 11) is 0. The van der Waals surface area contributed by atoms with Crippen molar-refractivity contribution in [1.82, 2.24) is 15.1 Å². The first kappa shape index (κ1) is 12.9. The van der Waals surface area contributed by atoms with Crippen molar-refractivity contribution < 1.29 is 4.92 Å². The Balaban J connectivity index is 0.00000128. The molecule has 16 heavy (non-hydrogen) atoms. The topological polar surface area (TPSA) is 73.0 Å². The van der Waals surface area contributed by atoms with E-state index in [1.807, 2.05) is 0 Å². The summed E-state index contributed by atoms with van der Waals surface area (Å²) in [5.74, 6) is 0.523. The van der Waals surface area contributed by atoms with Crippen LogP contribution in [-0.2, 0) is 6.54 Å². The van der Waals surface area contributed by atoms with Gasteiger partial charge in [-0.25, -0.2) is 0 Å². The highest BCUT2D eigenvalue weighted by Crippen LogP contribution is 2.15. The van der Waals surface area contributed by atoms with Gasteiger partial charge in [0, 0.05) is 0 Å². The highest BCUT2D eigenvalue weighted by molar-refractivity contribution is 5.85. The first-order valence-corrected chi connectivity index (χ1v) is 5.14. The van der Waals surface area contributed by atoms with Gasteiger partial charge in [-0.15, -0.1) is 12.4 Å². The van der Waals surface area contributed by atoms with Crippen molar-refractivity contribution in [2.75, 3.05) is 13.1 Å². The molecular formula is C9H15ClN4O2. The van der Waals surface area contributed by atoms with Crippen molar-refractivity contribution in [3.05, 3.63) is 22.4 Å². The van der Waals surface area contributed by atoms with Gasteiger partial charge in [-0.05, 0) is 36.8 Å². The maximum Gasteiger partial charge on any atom is 0.389 e. The lowest BCUT2D eigenvalue weighted by molar-refractivity contribution is -0.389. The number of nitrogens with zero attached hydrogens (tertiary/aromatic N) is 3. The van der Waals surface area contributed by atoms with Crippen LogP contribution in [0.2, 0.25) is 0 Å². The van der Waals surface area contributed by atoms with Gasteiger partial charge in [-0.1, -0.05) is 0 Å². The van der Waals surface area contributed by atoms with Gasteiger partial charge in [0.05, 0.1) is 23.9 Å². The fraction of sp³-hybridized carbons (Fsp3) is 0.667. The molecular weight excluding hydrogens is 232 g/mol. The largest absolute Gasteiger partial charge is 0.389 e. The van der Waals surface area contributed by atoms with Gasteiger partial charge < -0.3 is 15.4 Å². The molecule has 2 heterocycles. The van der Waals surface area contributed by atoms with Gasteiger partial charge in [-0.2, -0.15) is 4.68 Å². The fourth-order valence-electron chi connectivity index (χ4n) is 1.88. The lowest BCUT2D eigenvalue weighted by Gasteiger charge is -2.21. The molecule has 0 radical (unpaired) electrons. The lowest BCUT2D eigenvalue weighted by atomic mass is 9.98. The smallest absolute Gasteiger partial charge is 0.358 e. The molecule has 0 spiro atoms. The maximum atomic E-state index is 10.4. The minimum atomic E-state index is -0.459. The standard InChI is InChI=1S/C9H14N4O2.ClH/c14-13(15)9-3-6-12(11-9)7-8-1-4-10-5-2-8;/h3,6,8,10H,1-2,4-5,7H2;1H. The van der Waals surface area contributed by atoms with Crippen molar-refractivity contribution >= 4 is 18.2 Å². The summed E-state index contributed by atoms with van der Waals surface area (Å²) >= 11 is 0. The number of nitrogens with one attached hydrogen (secondary N) is 1. The predicted molar refractivity (Wildman–Crippen MR) is 61.7 cm³/mol. The summed E-state index contributed by atoms with van der Waals surface area (Å²) in [5.41, 5.74) is 0. The van der Waals surface area contributed by atoms with E-state index in [-0.39, 0.29) is 18.2 Å². The van der Waals surface area contributed by atoms with E-state index in [4.69, 9.17) is 0 Å². The van der Waals surface area contributed by atoms with E-state index in [9.17, 15) is 10.1 Å². The third-order valence-corrected chi connectivity index (χ3v) is 2.72. The van der Waals surface area contributed by atoms with Crippen LogP contribution < -0.4 is 5.32 Å². The first-order chi connectivity index (χ1) is 7.25. The number of halogens is 1. The van der Waals surface area contributed by atoms with E-state index in [2.05, 4.69) is 10.4 Å². The Labute approximate surface area is 99.6 Å². The average molecular weight is 247 g/mol. The molecule has 1 aromatic heterocycles. The van der Waals surface area contributed by atoms with Crippen LogP contribution in [0.15, 0.2) is 12.3 Å². The van der Waals surface area contributed by atoms with Crippen LogP contribution in [0.5, 0.6) is 0 Å². The third kappa shape index (κ3) is 3.18. The van der Waals surface area contributed by atoms with Gasteiger partial charge in [0.25, 0.3) is 0 Å². The lowest BCUT2D eigenvalue weighted by Crippen LogP contribution is -2.30. The van der Waals surface area contributed by atoms with Gasteiger partial charge in [-0.3, -0.25) is 0 Å². The number of piperidine rings is 1. The molecule has 7 heteroatoms. The molecule has 0 saturated carbocycles. The molecule has 1 saturated heterocycles. The zero-order valence-corrected chi connectivity index (χ0v) is 9.65. The molecule has 6 nitrogen and oxygen atoms in total. The van der Waals surface area contributed by atoms with Gasteiger partial charge in [0.15, 0.2) is 0 Å². The minimum Gasteiger partial charge on any atom is -0.358 e. The van der Waals surface area contributed by atoms with Crippen LogP contribution in [0, 0.1) is 16.0 Å². The van der Waals surface area contributed by atoms with E-state index in [0.29, 0.717) is 5.92 Å². The zero-order valence-electron chi connectivity index (χ0n) is 8.83. The Morgan fingerprint density at radius 1 is 1.56 bits per heavy atom. The normalized spacial score (nSPS) is 16.8. The van der Waals surface area contributed by atoms with Gasteiger partial charge in [0.1, 0.15) is 0 Å². The average Bonchev–Trinajstić information content (AvgIpc) is 2.68. The van der Waals surface area contributed by atoms with E-state index in [1.54, 1.807) is 10.9 Å². The maximum absolute atomic E-state index is 10.4. The highest BCUT2D eigenvalue weighted by atomic mass is 35.5. The second-order valence-corrected chi connectivity index (χ2v) is 3.85. The summed E-state index contributed by atoms with van der Waals surface area (Å²) in [6, 6.07) is 1.45. The Kier molecular flexibility index (Phi) is 4.70. The molecule has 1 aliphatic rings. The molecule has 2 rings (SSSR count). The summed E-state index contributed by atoms with van der Waals surface area (Å²) in [6.45, 7) is 2.86. The fourth-order valence-corrected chi connectivity index (χ4v) is 1.88. The Bertz CT molecular complexity index is 349. The van der Waals surface area contributed by atoms with Crippen molar-refractivity contribution in [1.29, 1.82) is 0 Å². The summed E-state index contributed by atoms with van der Waals surface area (Å²) in [4.78, 5) is 9.97. The molecule has 1 N–H and O–H groups in total. The molecule has 0 aromatic carbocycles. The van der Waals surface area contributed by atoms with Crippen molar-refractivity contribution in [2.45, 2.75) is 19.4 Å². The molecule has 1 aromatic rings. The van der Waals surface area contributed by atoms with Crippen molar-refractivity contribution in [2.24, 2.45) is 5.92 Å². The van der Waals surface area contributed by atoms with Gasteiger partial charge in [0.2, 0.25) is 0 Å². The first-order valence-electron chi connectivity index (χ1n) is 5.14. The van der Waals surface area contributed by atoms with Crippen LogP contribution in [0.25, 0.3) is 0 Å². The number of aromatic nitrogens is 2. The second kappa shape index (κ2) is 5.81. The van der Waals surface area contributed by atoms with Crippen LogP contribution >= 0.6 is 12.4 Å². The SMILES string of the molecule is Cl.O=[N+]([O-])c1ccn(CC2CCNCC2)n1. The number of rotatable bonds is 3. The second-order valence-electron chi connectivity index (χ2n) is 3.85. The molecule has 0 unspecified atom stereocenters. The summed E-state index contributed by atoms with van der Waals surface area (Å²) in [5, 5.41) is 17.6. The van der Waals surface area contributed by atoms with Crippen LogP contribution in [0.1, 0.15) is 12.8 Å². The molecule has 0 atom stereocenters. The zero-order chi connectivity index (χ0) is 10.7. The van der Waals surface area contributed by atoms with E-state index >= 15 is 0 Å². The van der Waals surface area contributed by atoms with Crippen molar-refractivity contribution in [3.8, 4) is 0 Å². The van der Waals surface area contributed by atoms with E-state index in [1.165, 1.54) is 6.07 Å². The molecule has 0 aliphatic carbocycles.